The number of fused-ring (bicyclic) bond motifs is 15. The first-order chi connectivity index (χ1) is 20.3. The lowest BCUT2D eigenvalue weighted by Crippen LogP contribution is -1.95. The number of rotatable bonds is 1. The first-order valence-corrected chi connectivity index (χ1v) is 13.9. The lowest BCUT2D eigenvalue weighted by molar-refractivity contribution is 1.18. The predicted octanol–water partition coefficient (Wildman–Crippen LogP) is 8.25. The Hall–Kier alpha value is -5.55. The number of nitrogens with zero attached hydrogens (tertiary/aromatic N) is 5. The molecule has 5 nitrogen and oxygen atoms in total. The van der Waals surface area contributed by atoms with Gasteiger partial charge in [-0.05, 0) is 82.6 Å². The summed E-state index contributed by atoms with van der Waals surface area (Å²) >= 11 is 0. The van der Waals surface area contributed by atoms with E-state index in [1.807, 2.05) is 30.7 Å². The first kappa shape index (κ1) is 21.3. The van der Waals surface area contributed by atoms with Gasteiger partial charge in [0.25, 0.3) is 0 Å². The van der Waals surface area contributed by atoms with Crippen LogP contribution in [0.4, 0.5) is 0 Å². The van der Waals surface area contributed by atoms with Gasteiger partial charge in [-0.15, -0.1) is 0 Å². The molecule has 0 saturated heterocycles. The minimum Gasteiger partial charge on any atom is -0.309 e. The minimum absolute atomic E-state index is 0.862. The second-order valence-electron chi connectivity index (χ2n) is 10.9. The summed E-state index contributed by atoms with van der Waals surface area (Å²) < 4.78 is 4.62. The van der Waals surface area contributed by atoms with Gasteiger partial charge in [0.05, 0.1) is 16.6 Å². The molecule has 1 aliphatic carbocycles. The Morgan fingerprint density at radius 3 is 2.44 bits per heavy atom. The number of aromatic nitrogens is 5. The van der Waals surface area contributed by atoms with Gasteiger partial charge in [-0.3, -0.25) is 9.38 Å². The van der Waals surface area contributed by atoms with E-state index in [4.69, 9.17) is 9.97 Å². The van der Waals surface area contributed by atoms with Crippen molar-refractivity contribution in [1.82, 2.24) is 23.9 Å². The second-order valence-corrected chi connectivity index (χ2v) is 10.9. The first-order valence-electron chi connectivity index (χ1n) is 13.9. The van der Waals surface area contributed by atoms with E-state index in [0.717, 1.165) is 50.6 Å². The van der Waals surface area contributed by atoms with Crippen LogP contribution in [0.3, 0.4) is 0 Å². The van der Waals surface area contributed by atoms with Crippen LogP contribution in [-0.4, -0.2) is 23.9 Å². The summed E-state index contributed by atoms with van der Waals surface area (Å²) in [5.41, 5.74) is 12.7. The van der Waals surface area contributed by atoms with Crippen LogP contribution in [0.1, 0.15) is 11.1 Å². The fourth-order valence-corrected chi connectivity index (χ4v) is 7.15. The van der Waals surface area contributed by atoms with Crippen molar-refractivity contribution in [2.24, 2.45) is 0 Å². The van der Waals surface area contributed by atoms with Crippen LogP contribution in [0.5, 0.6) is 0 Å². The zero-order valence-electron chi connectivity index (χ0n) is 21.9. The highest BCUT2D eigenvalue weighted by Gasteiger charge is 2.25. The van der Waals surface area contributed by atoms with E-state index in [-0.39, 0.29) is 0 Å². The normalized spacial score (nSPS) is 12.8. The summed E-state index contributed by atoms with van der Waals surface area (Å²) in [7, 11) is 0. The molecule has 0 spiro atoms. The van der Waals surface area contributed by atoms with Gasteiger partial charge in [-0.2, -0.15) is 0 Å². The third kappa shape index (κ3) is 2.68. The third-order valence-electron chi connectivity index (χ3n) is 8.83. The van der Waals surface area contributed by atoms with Crippen molar-refractivity contribution < 1.29 is 0 Å². The topological polar surface area (TPSA) is 48.0 Å². The molecule has 0 unspecified atom stereocenters. The fraction of sp³-hybridized carbons (Fsp3) is 0.0278. The lowest BCUT2D eigenvalue weighted by atomic mass is 9.99. The van der Waals surface area contributed by atoms with Gasteiger partial charge in [0.15, 0.2) is 5.65 Å². The molecule has 9 aromatic rings. The monoisotopic (exact) mass is 523 g/mol. The Morgan fingerprint density at radius 1 is 0.585 bits per heavy atom. The van der Waals surface area contributed by atoms with Crippen LogP contribution in [-0.2, 0) is 6.42 Å². The van der Waals surface area contributed by atoms with Crippen LogP contribution in [0.25, 0.3) is 77.1 Å². The quantitative estimate of drug-likeness (QED) is 0.204. The molecule has 5 heteroatoms. The molecule has 0 atom stereocenters. The Bertz CT molecular complexity index is 2550. The Kier molecular flexibility index (Phi) is 3.92. The molecule has 41 heavy (non-hydrogen) atoms. The SMILES string of the molecule is c1ccc(-n2c3cc4c(cc3c3c5c(ccc32)c2cnccc2n2c3ncccc3nc52)Cc2ccccc2-4)cc1. The summed E-state index contributed by atoms with van der Waals surface area (Å²) in [5, 5.41) is 5.84. The van der Waals surface area contributed by atoms with Crippen molar-refractivity contribution in [1.29, 1.82) is 0 Å². The van der Waals surface area contributed by atoms with Gasteiger partial charge in [0.2, 0.25) is 0 Å². The van der Waals surface area contributed by atoms with Gasteiger partial charge < -0.3 is 4.57 Å². The minimum atomic E-state index is 0.862. The number of hydrogen-bond acceptors (Lipinski definition) is 3. The van der Waals surface area contributed by atoms with E-state index < -0.39 is 0 Å². The van der Waals surface area contributed by atoms with Crippen LogP contribution >= 0.6 is 0 Å². The predicted molar refractivity (Wildman–Crippen MR) is 166 cm³/mol. The number of pyridine rings is 3. The Labute approximate surface area is 234 Å². The maximum Gasteiger partial charge on any atom is 0.164 e. The number of benzene rings is 4. The number of para-hydroxylation sites is 1. The summed E-state index contributed by atoms with van der Waals surface area (Å²) in [6.07, 6.45) is 6.62. The van der Waals surface area contributed by atoms with Crippen molar-refractivity contribution in [2.75, 3.05) is 0 Å². The Morgan fingerprint density at radius 2 is 1.49 bits per heavy atom. The van der Waals surface area contributed by atoms with Gasteiger partial charge in [-0.25, -0.2) is 9.97 Å². The fourth-order valence-electron chi connectivity index (χ4n) is 7.15. The molecule has 0 aliphatic heterocycles. The number of imidazole rings is 1. The van der Waals surface area contributed by atoms with Crippen molar-refractivity contribution >= 4 is 60.3 Å². The highest BCUT2D eigenvalue weighted by molar-refractivity contribution is 6.29. The second kappa shape index (κ2) is 7.55. The maximum absolute atomic E-state index is 5.21. The lowest BCUT2D eigenvalue weighted by Gasteiger charge is -2.11. The average molecular weight is 524 g/mol. The van der Waals surface area contributed by atoms with Crippen molar-refractivity contribution in [3.05, 3.63) is 127 Å². The summed E-state index contributed by atoms with van der Waals surface area (Å²) in [5.74, 6) is 0. The van der Waals surface area contributed by atoms with Gasteiger partial charge in [0.1, 0.15) is 11.2 Å². The van der Waals surface area contributed by atoms with E-state index in [1.54, 1.807) is 0 Å². The Balaban J connectivity index is 1.48. The van der Waals surface area contributed by atoms with E-state index in [9.17, 15) is 0 Å². The van der Waals surface area contributed by atoms with Gasteiger partial charge in [0, 0.05) is 45.8 Å². The molecule has 1 aliphatic rings. The highest BCUT2D eigenvalue weighted by Crippen LogP contribution is 2.45. The molecule has 0 N–H and O–H groups in total. The average Bonchev–Trinajstić information content (AvgIpc) is 3.69. The summed E-state index contributed by atoms with van der Waals surface area (Å²) in [6.45, 7) is 0. The van der Waals surface area contributed by atoms with Gasteiger partial charge in [-0.1, -0.05) is 48.5 Å². The van der Waals surface area contributed by atoms with Crippen molar-refractivity contribution in [3.63, 3.8) is 0 Å². The van der Waals surface area contributed by atoms with Crippen LogP contribution in [0.15, 0.2) is 116 Å². The molecule has 0 fully saturated rings. The van der Waals surface area contributed by atoms with Crippen LogP contribution in [0, 0.1) is 0 Å². The molecular weight excluding hydrogens is 502 g/mol. The molecule has 10 rings (SSSR count). The van der Waals surface area contributed by atoms with E-state index in [2.05, 4.69) is 98.9 Å². The van der Waals surface area contributed by atoms with E-state index >= 15 is 0 Å². The maximum atomic E-state index is 5.21. The largest absolute Gasteiger partial charge is 0.309 e. The molecule has 0 amide bonds. The molecular formula is C36H21N5. The molecule has 0 saturated carbocycles. The van der Waals surface area contributed by atoms with Gasteiger partial charge >= 0.3 is 0 Å². The van der Waals surface area contributed by atoms with E-state index in [1.165, 1.54) is 44.1 Å². The summed E-state index contributed by atoms with van der Waals surface area (Å²) in [6, 6.07) is 34.9. The molecule has 190 valence electrons. The summed E-state index contributed by atoms with van der Waals surface area (Å²) in [4.78, 5) is 14.5. The number of hydrogen-bond donors (Lipinski definition) is 0. The zero-order valence-corrected chi connectivity index (χ0v) is 21.9. The van der Waals surface area contributed by atoms with E-state index in [0.29, 0.717) is 0 Å². The molecule has 0 radical (unpaired) electrons. The third-order valence-corrected chi connectivity index (χ3v) is 8.83. The molecule has 5 heterocycles. The smallest absolute Gasteiger partial charge is 0.164 e. The van der Waals surface area contributed by atoms with Crippen molar-refractivity contribution in [3.8, 4) is 16.8 Å². The van der Waals surface area contributed by atoms with Crippen LogP contribution < -0.4 is 0 Å². The van der Waals surface area contributed by atoms with Crippen LogP contribution in [0.2, 0.25) is 0 Å². The standard InChI is InChI=1S/C36H21N5/c1-2-8-23(9-3-1)40-31-13-12-25-28-20-37-16-14-30(28)41-35-29(11-6-15-38-35)39-36(41)34(25)33(31)27-18-22-17-21-7-4-5-10-24(21)26(22)19-32(27)40/h1-16,18-20H,17H2. The molecule has 5 aromatic heterocycles. The zero-order chi connectivity index (χ0) is 26.7. The van der Waals surface area contributed by atoms with Crippen molar-refractivity contribution in [2.45, 2.75) is 6.42 Å². The molecule has 4 aromatic carbocycles. The highest BCUT2D eigenvalue weighted by atomic mass is 15.1. The molecule has 0 bridgehead atoms.